The van der Waals surface area contributed by atoms with Crippen molar-refractivity contribution in [2.24, 2.45) is 5.92 Å². The molecule has 88 valence electrons. The summed E-state index contributed by atoms with van der Waals surface area (Å²) in [4.78, 5) is 2.53. The van der Waals surface area contributed by atoms with Gasteiger partial charge < -0.3 is 5.32 Å². The highest BCUT2D eigenvalue weighted by molar-refractivity contribution is 4.92. The van der Waals surface area contributed by atoms with Gasteiger partial charge in [-0.1, -0.05) is 19.1 Å². The lowest BCUT2D eigenvalue weighted by molar-refractivity contribution is 0.195. The van der Waals surface area contributed by atoms with Crippen molar-refractivity contribution in [3.8, 4) is 0 Å². The average molecular weight is 210 g/mol. The van der Waals surface area contributed by atoms with Gasteiger partial charge in [0, 0.05) is 6.54 Å². The Bertz CT molecular complexity index is 181. The van der Waals surface area contributed by atoms with Crippen LogP contribution < -0.4 is 5.32 Å². The average Bonchev–Trinajstić information content (AvgIpc) is 2.20. The molecule has 1 rings (SSSR count). The number of hydrogen-bond donors (Lipinski definition) is 1. The van der Waals surface area contributed by atoms with Crippen molar-refractivity contribution >= 4 is 0 Å². The molecule has 1 aliphatic rings. The van der Waals surface area contributed by atoms with E-state index in [1.807, 2.05) is 0 Å². The number of nitrogens with zero attached hydrogens (tertiary/aromatic N) is 1. The Morgan fingerprint density at radius 3 is 2.60 bits per heavy atom. The fourth-order valence-electron chi connectivity index (χ4n) is 2.21. The molecule has 0 amide bonds. The van der Waals surface area contributed by atoms with Crippen LogP contribution in [0.5, 0.6) is 0 Å². The van der Waals surface area contributed by atoms with E-state index in [0.717, 1.165) is 12.5 Å². The lowest BCUT2D eigenvalue weighted by atomic mass is 9.96. The normalized spacial score (nSPS) is 19.3. The smallest absolute Gasteiger partial charge is 0.0187 e. The summed E-state index contributed by atoms with van der Waals surface area (Å²) in [5, 5.41) is 3.52. The van der Waals surface area contributed by atoms with E-state index in [9.17, 15) is 0 Å². The summed E-state index contributed by atoms with van der Waals surface area (Å²) in [6, 6.07) is 0. The third kappa shape index (κ3) is 5.33. The predicted molar refractivity (Wildman–Crippen MR) is 67.1 cm³/mol. The molecular weight excluding hydrogens is 184 g/mol. The van der Waals surface area contributed by atoms with Crippen LogP contribution in [0.15, 0.2) is 12.2 Å². The van der Waals surface area contributed by atoms with Gasteiger partial charge in [-0.25, -0.2) is 0 Å². The van der Waals surface area contributed by atoms with Crippen molar-refractivity contribution in [3.05, 3.63) is 12.2 Å². The molecule has 0 aromatic carbocycles. The van der Waals surface area contributed by atoms with Gasteiger partial charge in [0.15, 0.2) is 0 Å². The van der Waals surface area contributed by atoms with Crippen LogP contribution in [0.2, 0.25) is 0 Å². The molecule has 0 unspecified atom stereocenters. The molecule has 1 fully saturated rings. The van der Waals surface area contributed by atoms with Crippen LogP contribution in [-0.4, -0.2) is 37.6 Å². The second kappa shape index (κ2) is 7.02. The summed E-state index contributed by atoms with van der Waals surface area (Å²) in [7, 11) is 0. The monoisotopic (exact) mass is 210 g/mol. The molecule has 0 radical (unpaired) electrons. The largest absolute Gasteiger partial charge is 0.316 e. The van der Waals surface area contributed by atoms with Gasteiger partial charge in [0.05, 0.1) is 0 Å². The Labute approximate surface area is 94.7 Å². The molecule has 0 bridgehead atoms. The first-order chi connectivity index (χ1) is 7.22. The third-order valence-corrected chi connectivity index (χ3v) is 3.06. The van der Waals surface area contributed by atoms with Gasteiger partial charge in [-0.05, 0) is 58.3 Å². The van der Waals surface area contributed by atoms with E-state index in [1.165, 1.54) is 51.0 Å². The zero-order valence-corrected chi connectivity index (χ0v) is 10.4. The minimum absolute atomic E-state index is 0.901. The van der Waals surface area contributed by atoms with Gasteiger partial charge in [0.25, 0.3) is 0 Å². The van der Waals surface area contributed by atoms with Crippen LogP contribution >= 0.6 is 0 Å². The molecule has 0 spiro atoms. The van der Waals surface area contributed by atoms with Gasteiger partial charge in [0.1, 0.15) is 0 Å². The predicted octanol–water partition coefficient (Wildman–Crippen LogP) is 2.27. The topological polar surface area (TPSA) is 15.3 Å². The Kier molecular flexibility index (Phi) is 5.96. The fraction of sp³-hybridized carbons (Fsp3) is 0.846. The van der Waals surface area contributed by atoms with Gasteiger partial charge in [-0.15, -0.1) is 0 Å². The van der Waals surface area contributed by atoms with Crippen LogP contribution in [0.1, 0.15) is 33.1 Å². The van der Waals surface area contributed by atoms with Crippen LogP contribution in [0.3, 0.4) is 0 Å². The number of nitrogens with one attached hydrogen (secondary N) is 1. The highest BCUT2D eigenvalue weighted by Crippen LogP contribution is 2.16. The number of likely N-dealkylation sites (tertiary alicyclic amines) is 1. The summed E-state index contributed by atoms with van der Waals surface area (Å²) in [6.07, 6.45) is 3.95. The van der Waals surface area contributed by atoms with Crippen LogP contribution in [0, 0.1) is 5.92 Å². The Morgan fingerprint density at radius 1 is 1.40 bits per heavy atom. The molecule has 0 aromatic heterocycles. The molecule has 1 N–H and O–H groups in total. The molecule has 0 aromatic rings. The lowest BCUT2D eigenvalue weighted by Gasteiger charge is -2.32. The van der Waals surface area contributed by atoms with Crippen molar-refractivity contribution < 1.29 is 0 Å². The van der Waals surface area contributed by atoms with E-state index in [4.69, 9.17) is 0 Å². The Balaban J connectivity index is 2.10. The molecule has 0 atom stereocenters. The van der Waals surface area contributed by atoms with Crippen molar-refractivity contribution in [2.75, 3.05) is 32.7 Å². The minimum atomic E-state index is 0.901. The number of rotatable bonds is 6. The summed E-state index contributed by atoms with van der Waals surface area (Å²) >= 11 is 0. The number of piperidine rings is 1. The summed E-state index contributed by atoms with van der Waals surface area (Å²) in [6.45, 7) is 14.3. The summed E-state index contributed by atoms with van der Waals surface area (Å²) < 4.78 is 0. The second-order valence-electron chi connectivity index (χ2n) is 4.88. The van der Waals surface area contributed by atoms with Gasteiger partial charge in [-0.2, -0.15) is 0 Å². The Hall–Kier alpha value is -0.340. The standard InChI is InChI=1S/C13H26N2/c1-4-7-14-10-13-5-8-15(9-6-13)11-12(2)3/h13-14H,2,4-11H2,1,3H3. The van der Waals surface area contributed by atoms with Crippen LogP contribution in [-0.2, 0) is 0 Å². The number of hydrogen-bond acceptors (Lipinski definition) is 2. The molecule has 0 saturated carbocycles. The molecule has 1 saturated heterocycles. The minimum Gasteiger partial charge on any atom is -0.316 e. The van der Waals surface area contributed by atoms with Crippen LogP contribution in [0.4, 0.5) is 0 Å². The molecule has 1 heterocycles. The maximum absolute atomic E-state index is 3.97. The van der Waals surface area contributed by atoms with Gasteiger partial charge >= 0.3 is 0 Å². The van der Waals surface area contributed by atoms with E-state index in [-0.39, 0.29) is 0 Å². The van der Waals surface area contributed by atoms with Crippen molar-refractivity contribution in [1.82, 2.24) is 10.2 Å². The quantitative estimate of drug-likeness (QED) is 0.534. The maximum atomic E-state index is 3.97. The zero-order chi connectivity index (χ0) is 11.1. The Morgan fingerprint density at radius 2 is 2.07 bits per heavy atom. The molecular formula is C13H26N2. The molecule has 2 heteroatoms. The van der Waals surface area contributed by atoms with E-state index >= 15 is 0 Å². The zero-order valence-electron chi connectivity index (χ0n) is 10.4. The first-order valence-electron chi connectivity index (χ1n) is 6.29. The highest BCUT2D eigenvalue weighted by atomic mass is 15.1. The summed E-state index contributed by atoms with van der Waals surface area (Å²) in [5.74, 6) is 0.901. The lowest BCUT2D eigenvalue weighted by Crippen LogP contribution is -2.38. The van der Waals surface area contributed by atoms with Crippen molar-refractivity contribution in [2.45, 2.75) is 33.1 Å². The first kappa shape index (κ1) is 12.7. The third-order valence-electron chi connectivity index (χ3n) is 3.06. The molecule has 1 aliphatic heterocycles. The second-order valence-corrected chi connectivity index (χ2v) is 4.88. The molecule has 0 aliphatic carbocycles. The SMILES string of the molecule is C=C(C)CN1CCC(CNCCC)CC1. The van der Waals surface area contributed by atoms with Gasteiger partial charge in [0.2, 0.25) is 0 Å². The summed E-state index contributed by atoms with van der Waals surface area (Å²) in [5.41, 5.74) is 1.29. The molecule has 2 nitrogen and oxygen atoms in total. The molecule has 15 heavy (non-hydrogen) atoms. The first-order valence-corrected chi connectivity index (χ1v) is 6.29. The van der Waals surface area contributed by atoms with Crippen LogP contribution in [0.25, 0.3) is 0 Å². The van der Waals surface area contributed by atoms with E-state index in [2.05, 4.69) is 30.6 Å². The van der Waals surface area contributed by atoms with E-state index in [1.54, 1.807) is 0 Å². The maximum Gasteiger partial charge on any atom is 0.0187 e. The highest BCUT2D eigenvalue weighted by Gasteiger charge is 2.18. The van der Waals surface area contributed by atoms with E-state index in [0.29, 0.717) is 0 Å². The van der Waals surface area contributed by atoms with Crippen molar-refractivity contribution in [1.29, 1.82) is 0 Å². The van der Waals surface area contributed by atoms with Gasteiger partial charge in [-0.3, -0.25) is 4.90 Å². The fourth-order valence-corrected chi connectivity index (χ4v) is 2.21. The van der Waals surface area contributed by atoms with Crippen molar-refractivity contribution in [3.63, 3.8) is 0 Å². The van der Waals surface area contributed by atoms with E-state index < -0.39 is 0 Å².